The number of carbonyl (C=O) groups is 2. The van der Waals surface area contributed by atoms with Crippen molar-refractivity contribution in [2.75, 3.05) is 5.32 Å². The summed E-state index contributed by atoms with van der Waals surface area (Å²) in [4.78, 5) is 26.4. The summed E-state index contributed by atoms with van der Waals surface area (Å²) in [5.41, 5.74) is 1.05. The first-order valence-corrected chi connectivity index (χ1v) is 13.0. The van der Waals surface area contributed by atoms with E-state index in [1.54, 1.807) is 30.3 Å². The van der Waals surface area contributed by atoms with Crippen molar-refractivity contribution in [3.63, 3.8) is 0 Å². The van der Waals surface area contributed by atoms with Gasteiger partial charge < -0.3 is 10.1 Å². The second kappa shape index (κ2) is 8.90. The van der Waals surface area contributed by atoms with Gasteiger partial charge in [-0.1, -0.05) is 69.5 Å². The van der Waals surface area contributed by atoms with Crippen molar-refractivity contribution in [3.8, 4) is 0 Å². The summed E-state index contributed by atoms with van der Waals surface area (Å²) in [5, 5.41) is 3.63. The second-order valence-corrected chi connectivity index (χ2v) is 12.8. The van der Waals surface area contributed by atoms with Crippen molar-refractivity contribution in [2.45, 2.75) is 55.4 Å². The molecule has 0 spiro atoms. The zero-order chi connectivity index (χ0) is 23.2. The molecule has 4 aliphatic rings. The average Bonchev–Trinajstić information content (AvgIpc) is 2.69. The van der Waals surface area contributed by atoms with Gasteiger partial charge >= 0.3 is 5.97 Å². The molecule has 174 valence electrons. The van der Waals surface area contributed by atoms with Gasteiger partial charge in [-0.2, -0.15) is 0 Å². The van der Waals surface area contributed by atoms with Crippen molar-refractivity contribution in [1.82, 2.24) is 0 Å². The Morgan fingerprint density at radius 2 is 1.67 bits per heavy atom. The molecule has 33 heavy (non-hydrogen) atoms. The van der Waals surface area contributed by atoms with E-state index in [4.69, 9.17) is 27.9 Å². The zero-order valence-electron chi connectivity index (χ0n) is 18.2. The molecule has 4 fully saturated rings. The van der Waals surface area contributed by atoms with E-state index < -0.39 is 12.0 Å². The summed E-state index contributed by atoms with van der Waals surface area (Å²) in [7, 11) is 0. The lowest BCUT2D eigenvalue weighted by Gasteiger charge is -2.60. The minimum atomic E-state index is -1.05. The molecule has 3 atom stereocenters. The van der Waals surface area contributed by atoms with Crippen LogP contribution in [0.25, 0.3) is 0 Å². The number of hydrogen-bond acceptors (Lipinski definition) is 3. The van der Waals surface area contributed by atoms with E-state index in [0.717, 1.165) is 19.3 Å². The molecule has 0 radical (unpaired) electrons. The Labute approximate surface area is 212 Å². The lowest BCUT2D eigenvalue weighted by molar-refractivity contribution is -0.160. The van der Waals surface area contributed by atoms with Crippen LogP contribution in [0.2, 0.25) is 10.0 Å². The van der Waals surface area contributed by atoms with Gasteiger partial charge in [-0.3, -0.25) is 9.59 Å². The maximum absolute atomic E-state index is 13.2. The fraction of sp³-hybridized carbons (Fsp3) is 0.462. The van der Waals surface area contributed by atoms with Crippen LogP contribution < -0.4 is 5.32 Å². The fourth-order valence-electron chi connectivity index (χ4n) is 6.76. The topological polar surface area (TPSA) is 55.4 Å². The number of benzene rings is 2. The number of amides is 1. The van der Waals surface area contributed by atoms with Crippen molar-refractivity contribution in [1.29, 1.82) is 0 Å². The van der Waals surface area contributed by atoms with Gasteiger partial charge in [0.25, 0.3) is 5.91 Å². The Hall–Kier alpha value is -1.56. The van der Waals surface area contributed by atoms with Gasteiger partial charge in [0.2, 0.25) is 6.10 Å². The highest BCUT2D eigenvalue weighted by Gasteiger charge is 2.57. The highest BCUT2D eigenvalue weighted by Crippen LogP contribution is 2.65. The number of carbonyl (C=O) groups excluding carboxylic acids is 2. The van der Waals surface area contributed by atoms with E-state index in [2.05, 4.69) is 21.2 Å². The highest BCUT2D eigenvalue weighted by atomic mass is 79.9. The second-order valence-electron chi connectivity index (χ2n) is 10.2. The van der Waals surface area contributed by atoms with E-state index >= 15 is 0 Å². The predicted octanol–water partition coefficient (Wildman–Crippen LogP) is 7.34. The van der Waals surface area contributed by atoms with Crippen molar-refractivity contribution in [2.24, 2.45) is 17.3 Å². The average molecular weight is 551 g/mol. The van der Waals surface area contributed by atoms with Crippen molar-refractivity contribution < 1.29 is 14.3 Å². The number of esters is 1. The third-order valence-corrected chi connectivity index (χ3v) is 8.71. The quantitative estimate of drug-likeness (QED) is 0.302. The molecule has 7 heteroatoms. The Morgan fingerprint density at radius 1 is 1.03 bits per heavy atom. The third kappa shape index (κ3) is 5.11. The summed E-state index contributed by atoms with van der Waals surface area (Å²) in [6.07, 6.45) is 6.15. The van der Waals surface area contributed by atoms with Crippen molar-refractivity contribution in [3.05, 3.63) is 64.1 Å². The zero-order valence-corrected chi connectivity index (χ0v) is 21.3. The number of anilines is 1. The SMILES string of the molecule is O=C(CC12C[C@@H]3C[C@H](CC(Br)(C3)C1)C2)O[C@H](C(=O)Nc1cc(Cl)cc(Cl)c1)c1ccccc1. The minimum Gasteiger partial charge on any atom is -0.447 e. The van der Waals surface area contributed by atoms with Gasteiger partial charge in [0, 0.05) is 25.6 Å². The Morgan fingerprint density at radius 3 is 2.27 bits per heavy atom. The first-order valence-electron chi connectivity index (χ1n) is 11.4. The van der Waals surface area contributed by atoms with Gasteiger partial charge in [0.15, 0.2) is 0 Å². The van der Waals surface area contributed by atoms with Crippen LogP contribution in [0.5, 0.6) is 0 Å². The molecule has 1 amide bonds. The van der Waals surface area contributed by atoms with Gasteiger partial charge in [-0.25, -0.2) is 0 Å². The normalized spacial score (nSPS) is 30.6. The van der Waals surface area contributed by atoms with Crippen LogP contribution in [0.1, 0.15) is 56.6 Å². The molecular weight excluding hydrogens is 525 g/mol. The van der Waals surface area contributed by atoms with Crippen LogP contribution in [-0.4, -0.2) is 16.2 Å². The van der Waals surface area contributed by atoms with Crippen LogP contribution >= 0.6 is 39.1 Å². The smallest absolute Gasteiger partial charge is 0.307 e. The lowest BCUT2D eigenvalue weighted by atomic mass is 9.49. The highest BCUT2D eigenvalue weighted by molar-refractivity contribution is 9.10. The molecule has 2 aromatic carbocycles. The summed E-state index contributed by atoms with van der Waals surface area (Å²) in [5.74, 6) is 0.606. The molecular formula is C26H26BrCl2NO3. The van der Waals surface area contributed by atoms with Crippen LogP contribution in [0.4, 0.5) is 5.69 Å². The number of hydrogen-bond donors (Lipinski definition) is 1. The maximum Gasteiger partial charge on any atom is 0.307 e. The number of rotatable bonds is 6. The minimum absolute atomic E-state index is 0.0249. The van der Waals surface area contributed by atoms with E-state index in [-0.39, 0.29) is 15.7 Å². The molecule has 4 bridgehead atoms. The summed E-state index contributed by atoms with van der Waals surface area (Å²) in [6, 6.07) is 13.9. The van der Waals surface area contributed by atoms with Crippen LogP contribution in [0.15, 0.2) is 48.5 Å². The molecule has 2 aromatic rings. The molecule has 0 aromatic heterocycles. The van der Waals surface area contributed by atoms with E-state index in [9.17, 15) is 9.59 Å². The summed E-state index contributed by atoms with van der Waals surface area (Å²) >= 11 is 16.2. The predicted molar refractivity (Wildman–Crippen MR) is 134 cm³/mol. The van der Waals surface area contributed by atoms with Gasteiger partial charge in [0.05, 0.1) is 6.42 Å². The Balaban J connectivity index is 1.33. The van der Waals surface area contributed by atoms with Crippen LogP contribution in [-0.2, 0) is 14.3 Å². The van der Waals surface area contributed by atoms with E-state index in [1.165, 1.54) is 19.3 Å². The van der Waals surface area contributed by atoms with E-state index in [1.807, 2.05) is 18.2 Å². The molecule has 0 aliphatic heterocycles. The monoisotopic (exact) mass is 549 g/mol. The molecule has 4 saturated carbocycles. The standard InChI is InChI=1S/C26H26BrCl2NO3/c27-26-12-16-6-17(13-26)11-25(10-16,15-26)14-22(31)33-23(18-4-2-1-3-5-18)24(32)30-21-8-19(28)7-20(29)9-21/h1-5,7-9,16-17,23H,6,10-15H2,(H,30,32)/t16-,17-,23-,25?,26?/m0/s1. The number of nitrogens with one attached hydrogen (secondary N) is 1. The summed E-state index contributed by atoms with van der Waals surface area (Å²) in [6.45, 7) is 0. The number of halogens is 3. The van der Waals surface area contributed by atoms with Crippen molar-refractivity contribution >= 4 is 56.7 Å². The number of ether oxygens (including phenoxy) is 1. The fourth-order valence-corrected chi connectivity index (χ4v) is 8.79. The third-order valence-electron chi connectivity index (χ3n) is 7.35. The summed E-state index contributed by atoms with van der Waals surface area (Å²) < 4.78 is 6.04. The first kappa shape index (κ1) is 23.2. The van der Waals surface area contributed by atoms with Crippen LogP contribution in [0, 0.1) is 17.3 Å². The Bertz CT molecular complexity index is 1040. The first-order chi connectivity index (χ1) is 15.7. The molecule has 0 unspecified atom stereocenters. The molecule has 1 N–H and O–H groups in total. The molecule has 4 aliphatic carbocycles. The molecule has 6 rings (SSSR count). The Kier molecular flexibility index (Phi) is 6.26. The molecule has 4 nitrogen and oxygen atoms in total. The van der Waals surface area contributed by atoms with Crippen LogP contribution in [0.3, 0.4) is 0 Å². The molecule has 0 saturated heterocycles. The largest absolute Gasteiger partial charge is 0.447 e. The maximum atomic E-state index is 13.2. The van der Waals surface area contributed by atoms with Gasteiger partial charge in [-0.05, 0) is 74.0 Å². The van der Waals surface area contributed by atoms with Gasteiger partial charge in [0.1, 0.15) is 0 Å². The molecule has 0 heterocycles. The van der Waals surface area contributed by atoms with Gasteiger partial charge in [-0.15, -0.1) is 0 Å². The lowest BCUT2D eigenvalue weighted by Crippen LogP contribution is -2.53. The number of alkyl halides is 1. The van der Waals surface area contributed by atoms with E-state index in [0.29, 0.717) is 39.6 Å².